The number of nitrogens with zero attached hydrogens (tertiary/aromatic N) is 6. The second-order valence-electron chi connectivity index (χ2n) is 6.65. The number of carbonyl (C=O) groups is 1. The number of aromatic nitrogens is 6. The topological polar surface area (TPSA) is 130 Å². The zero-order valence-corrected chi connectivity index (χ0v) is 16.6. The molecule has 158 valence electrons. The van der Waals surface area contributed by atoms with Gasteiger partial charge in [0.15, 0.2) is 11.6 Å². The Bertz CT molecular complexity index is 1290. The Labute approximate surface area is 175 Å². The molecule has 4 aromatic heterocycles. The van der Waals surface area contributed by atoms with Crippen LogP contribution in [0, 0.1) is 0 Å². The molecule has 11 nitrogen and oxygen atoms in total. The Morgan fingerprint density at radius 1 is 1.10 bits per heavy atom. The molecule has 1 amide bonds. The highest BCUT2D eigenvalue weighted by atomic mass is 16.3. The van der Waals surface area contributed by atoms with Crippen LogP contribution < -0.4 is 16.4 Å². The third kappa shape index (κ3) is 4.34. The van der Waals surface area contributed by atoms with Crippen molar-refractivity contribution in [2.45, 2.75) is 19.5 Å². The number of hydrogen-bond acceptors (Lipinski definition) is 7. The largest absolute Gasteiger partial charge is 0.463 e. The van der Waals surface area contributed by atoms with E-state index in [9.17, 15) is 14.4 Å². The predicted molar refractivity (Wildman–Crippen MR) is 110 cm³/mol. The fraction of sp³-hybridized carbons (Fsp3) is 0.200. The Morgan fingerprint density at radius 3 is 2.68 bits per heavy atom. The van der Waals surface area contributed by atoms with Crippen LogP contribution in [-0.2, 0) is 11.3 Å². The third-order valence-electron chi connectivity index (χ3n) is 4.56. The zero-order chi connectivity index (χ0) is 21.8. The molecule has 1 atom stereocenters. The molecule has 4 aromatic rings. The van der Waals surface area contributed by atoms with E-state index in [4.69, 9.17) is 4.42 Å². The molecular formula is C20H19N7O4. The Hall–Kier alpha value is -4.28. The molecule has 0 aliphatic heterocycles. The van der Waals surface area contributed by atoms with Crippen LogP contribution >= 0.6 is 0 Å². The van der Waals surface area contributed by atoms with Gasteiger partial charge >= 0.3 is 0 Å². The molecule has 0 aliphatic carbocycles. The monoisotopic (exact) mass is 421 g/mol. The molecule has 4 heterocycles. The lowest BCUT2D eigenvalue weighted by Gasteiger charge is -2.15. The highest BCUT2D eigenvalue weighted by Crippen LogP contribution is 2.16. The summed E-state index contributed by atoms with van der Waals surface area (Å²) in [4.78, 5) is 36.8. The summed E-state index contributed by atoms with van der Waals surface area (Å²) in [5, 5.41) is 15.3. The van der Waals surface area contributed by atoms with E-state index in [1.807, 2.05) is 0 Å². The number of nitrogens with one attached hydrogen (secondary N) is 1. The van der Waals surface area contributed by atoms with Crippen molar-refractivity contribution in [2.75, 3.05) is 6.54 Å². The number of hydrogen-bond donors (Lipinski definition) is 1. The number of carbonyl (C=O) groups excluding carboxylic acids is 1. The van der Waals surface area contributed by atoms with Crippen LogP contribution in [0.25, 0.3) is 17.3 Å². The van der Waals surface area contributed by atoms with Gasteiger partial charge in [0, 0.05) is 31.1 Å². The molecule has 31 heavy (non-hydrogen) atoms. The highest BCUT2D eigenvalue weighted by molar-refractivity contribution is 5.79. The molecule has 0 saturated heterocycles. The van der Waals surface area contributed by atoms with Crippen molar-refractivity contribution in [3.8, 4) is 17.3 Å². The summed E-state index contributed by atoms with van der Waals surface area (Å²) in [6.45, 7) is 1.87. The van der Waals surface area contributed by atoms with Crippen LogP contribution in [0.15, 0.2) is 75.1 Å². The SMILES string of the molecule is CC(C(=O)NCCn1nc(-n2cccn2)ccc1=O)n1nc(-c2ccco2)ccc1=O. The summed E-state index contributed by atoms with van der Waals surface area (Å²) in [6.07, 6.45) is 4.82. The Balaban J connectivity index is 1.43. The molecule has 4 rings (SSSR count). The van der Waals surface area contributed by atoms with E-state index in [-0.39, 0.29) is 18.6 Å². The van der Waals surface area contributed by atoms with Crippen LogP contribution in [0.4, 0.5) is 0 Å². The van der Waals surface area contributed by atoms with Crippen LogP contribution in [-0.4, -0.2) is 41.8 Å². The summed E-state index contributed by atoms with van der Waals surface area (Å²) in [5.41, 5.74) is -0.277. The summed E-state index contributed by atoms with van der Waals surface area (Å²) in [7, 11) is 0. The molecule has 0 aromatic carbocycles. The van der Waals surface area contributed by atoms with Crippen LogP contribution in [0.3, 0.4) is 0 Å². The number of amides is 1. The number of furan rings is 1. The second kappa shape index (κ2) is 8.61. The maximum absolute atomic E-state index is 12.6. The molecule has 0 aliphatic rings. The van der Waals surface area contributed by atoms with E-state index in [1.54, 1.807) is 43.6 Å². The molecule has 1 unspecified atom stereocenters. The average Bonchev–Trinajstić information content (AvgIpc) is 3.49. The first-order valence-electron chi connectivity index (χ1n) is 9.52. The first-order chi connectivity index (χ1) is 15.0. The minimum atomic E-state index is -0.859. The van der Waals surface area contributed by atoms with Gasteiger partial charge in [-0.15, -0.1) is 5.10 Å². The summed E-state index contributed by atoms with van der Waals surface area (Å²) >= 11 is 0. The molecule has 1 N–H and O–H groups in total. The van der Waals surface area contributed by atoms with Gasteiger partial charge in [-0.2, -0.15) is 10.2 Å². The fourth-order valence-electron chi connectivity index (χ4n) is 2.93. The lowest BCUT2D eigenvalue weighted by Crippen LogP contribution is -2.39. The normalized spacial score (nSPS) is 11.9. The first kappa shape index (κ1) is 20.0. The lowest BCUT2D eigenvalue weighted by molar-refractivity contribution is -0.124. The van der Waals surface area contributed by atoms with Crippen molar-refractivity contribution in [1.82, 2.24) is 34.7 Å². The quantitative estimate of drug-likeness (QED) is 0.463. The van der Waals surface area contributed by atoms with E-state index < -0.39 is 17.5 Å². The minimum absolute atomic E-state index is 0.144. The standard InChI is InChI=1S/C20H19N7O4/c1-14(27-19(29)7-5-15(23-27)16-4-2-13-31-16)20(30)21-10-12-26-18(28)8-6-17(24-26)25-11-3-9-22-25/h2-9,11,13-14H,10,12H2,1H3,(H,21,30). The van der Waals surface area contributed by atoms with Gasteiger partial charge in [-0.05, 0) is 37.3 Å². The van der Waals surface area contributed by atoms with Gasteiger partial charge in [-0.3, -0.25) is 14.4 Å². The maximum Gasteiger partial charge on any atom is 0.267 e. The maximum atomic E-state index is 12.6. The number of rotatable bonds is 7. The third-order valence-corrected chi connectivity index (χ3v) is 4.56. The molecule has 0 saturated carbocycles. The first-order valence-corrected chi connectivity index (χ1v) is 9.52. The van der Waals surface area contributed by atoms with Gasteiger partial charge in [0.2, 0.25) is 5.91 Å². The molecular weight excluding hydrogens is 402 g/mol. The van der Waals surface area contributed by atoms with Gasteiger partial charge in [0.1, 0.15) is 11.7 Å². The predicted octanol–water partition coefficient (Wildman–Crippen LogP) is 0.623. The highest BCUT2D eigenvalue weighted by Gasteiger charge is 2.18. The van der Waals surface area contributed by atoms with Gasteiger partial charge < -0.3 is 9.73 Å². The van der Waals surface area contributed by atoms with Gasteiger partial charge in [-0.1, -0.05) is 0 Å². The summed E-state index contributed by atoms with van der Waals surface area (Å²) < 4.78 is 9.15. The lowest BCUT2D eigenvalue weighted by atomic mass is 10.3. The van der Waals surface area contributed by atoms with Crippen molar-refractivity contribution < 1.29 is 9.21 Å². The second-order valence-corrected chi connectivity index (χ2v) is 6.65. The van der Waals surface area contributed by atoms with E-state index >= 15 is 0 Å². The van der Waals surface area contributed by atoms with Crippen molar-refractivity contribution in [2.24, 2.45) is 0 Å². The summed E-state index contributed by atoms with van der Waals surface area (Å²) in [6, 6.07) is 10.1. The molecule has 0 spiro atoms. The van der Waals surface area contributed by atoms with Crippen molar-refractivity contribution in [3.05, 3.63) is 81.8 Å². The average molecular weight is 421 g/mol. The molecule has 11 heteroatoms. The summed E-state index contributed by atoms with van der Waals surface area (Å²) in [5.74, 6) is 0.557. The van der Waals surface area contributed by atoms with E-state index in [2.05, 4.69) is 20.6 Å². The van der Waals surface area contributed by atoms with E-state index in [0.29, 0.717) is 17.3 Å². The Kier molecular flexibility index (Phi) is 5.56. The Morgan fingerprint density at radius 2 is 1.94 bits per heavy atom. The van der Waals surface area contributed by atoms with Crippen LogP contribution in [0.1, 0.15) is 13.0 Å². The van der Waals surface area contributed by atoms with Gasteiger partial charge in [0.05, 0.1) is 12.8 Å². The fourth-order valence-corrected chi connectivity index (χ4v) is 2.93. The van der Waals surface area contributed by atoms with E-state index in [0.717, 1.165) is 4.68 Å². The molecule has 0 radical (unpaired) electrons. The molecule has 0 bridgehead atoms. The minimum Gasteiger partial charge on any atom is -0.463 e. The van der Waals surface area contributed by atoms with Crippen molar-refractivity contribution in [1.29, 1.82) is 0 Å². The van der Waals surface area contributed by atoms with Gasteiger partial charge in [-0.25, -0.2) is 14.0 Å². The van der Waals surface area contributed by atoms with Crippen molar-refractivity contribution in [3.63, 3.8) is 0 Å². The smallest absolute Gasteiger partial charge is 0.267 e. The van der Waals surface area contributed by atoms with Crippen LogP contribution in [0.2, 0.25) is 0 Å². The van der Waals surface area contributed by atoms with Crippen LogP contribution in [0.5, 0.6) is 0 Å². The zero-order valence-electron chi connectivity index (χ0n) is 16.6. The van der Waals surface area contributed by atoms with Crippen molar-refractivity contribution >= 4 is 5.91 Å². The van der Waals surface area contributed by atoms with Gasteiger partial charge in [0.25, 0.3) is 11.1 Å². The van der Waals surface area contributed by atoms with E-state index in [1.165, 1.54) is 33.8 Å². The molecule has 0 fully saturated rings.